The average molecular weight is 354 g/mol. The molecule has 136 valence electrons. The molecule has 2 aromatic rings. The van der Waals surface area contributed by atoms with Gasteiger partial charge in [-0.25, -0.2) is 0 Å². The van der Waals surface area contributed by atoms with Gasteiger partial charge in [0.1, 0.15) is 11.5 Å². The second kappa shape index (κ2) is 7.91. The summed E-state index contributed by atoms with van der Waals surface area (Å²) in [6.45, 7) is 0.909. The third-order valence-corrected chi connectivity index (χ3v) is 4.46. The summed E-state index contributed by atoms with van der Waals surface area (Å²) in [7, 11) is 3.19. The predicted octanol–water partition coefficient (Wildman–Crippen LogP) is 2.69. The molecule has 0 aromatic heterocycles. The van der Waals surface area contributed by atoms with Crippen molar-refractivity contribution in [1.29, 1.82) is 0 Å². The van der Waals surface area contributed by atoms with Gasteiger partial charge in [-0.15, -0.1) is 0 Å². The monoisotopic (exact) mass is 354 g/mol. The summed E-state index contributed by atoms with van der Waals surface area (Å²) in [5, 5.41) is 2.86. The van der Waals surface area contributed by atoms with Crippen LogP contribution in [0.25, 0.3) is 0 Å². The molecule has 0 saturated carbocycles. The molecule has 6 heteroatoms. The van der Waals surface area contributed by atoms with Gasteiger partial charge in [0.25, 0.3) is 0 Å². The van der Waals surface area contributed by atoms with Crippen molar-refractivity contribution >= 4 is 17.5 Å². The lowest BCUT2D eigenvalue weighted by Gasteiger charge is -2.17. The molecule has 26 heavy (non-hydrogen) atoms. The van der Waals surface area contributed by atoms with Crippen molar-refractivity contribution in [2.24, 2.45) is 5.92 Å². The van der Waals surface area contributed by atoms with Crippen LogP contribution in [0, 0.1) is 5.92 Å². The van der Waals surface area contributed by atoms with Crippen molar-refractivity contribution in [2.75, 3.05) is 26.1 Å². The number of benzene rings is 2. The zero-order chi connectivity index (χ0) is 18.5. The zero-order valence-electron chi connectivity index (χ0n) is 14.9. The SMILES string of the molecule is COc1ccc(CN2CC(C(=O)Nc3cccc(OC)c3)CC2=O)cc1. The van der Waals surface area contributed by atoms with E-state index in [0.29, 0.717) is 24.5 Å². The molecule has 1 unspecified atom stereocenters. The largest absolute Gasteiger partial charge is 0.497 e. The topological polar surface area (TPSA) is 67.9 Å². The number of methoxy groups -OCH3 is 2. The Labute approximate surface area is 152 Å². The Morgan fingerprint density at radius 1 is 1.12 bits per heavy atom. The summed E-state index contributed by atoms with van der Waals surface area (Å²) in [6.07, 6.45) is 0.228. The standard InChI is InChI=1S/C20H22N2O4/c1-25-17-8-6-14(7-9-17)12-22-13-15(10-19(22)23)20(24)21-16-4-3-5-18(11-16)26-2/h3-9,11,15H,10,12-13H2,1-2H3,(H,21,24). The number of carbonyl (C=O) groups excluding carboxylic acids is 2. The molecule has 1 fully saturated rings. The van der Waals surface area contributed by atoms with Crippen molar-refractivity contribution < 1.29 is 19.1 Å². The maximum absolute atomic E-state index is 12.5. The van der Waals surface area contributed by atoms with E-state index in [1.807, 2.05) is 36.4 Å². The first kappa shape index (κ1) is 17.8. The first-order valence-corrected chi connectivity index (χ1v) is 8.44. The number of anilines is 1. The van der Waals surface area contributed by atoms with E-state index in [1.54, 1.807) is 31.3 Å². The first-order chi connectivity index (χ1) is 12.6. The van der Waals surface area contributed by atoms with Gasteiger partial charge >= 0.3 is 0 Å². The van der Waals surface area contributed by atoms with Crippen LogP contribution in [0.5, 0.6) is 11.5 Å². The number of likely N-dealkylation sites (tertiary alicyclic amines) is 1. The minimum Gasteiger partial charge on any atom is -0.497 e. The van der Waals surface area contributed by atoms with Crippen LogP contribution in [0.1, 0.15) is 12.0 Å². The van der Waals surface area contributed by atoms with Crippen LogP contribution in [-0.4, -0.2) is 37.5 Å². The van der Waals surface area contributed by atoms with Crippen LogP contribution in [0.4, 0.5) is 5.69 Å². The highest BCUT2D eigenvalue weighted by Gasteiger charge is 2.34. The molecule has 6 nitrogen and oxygen atoms in total. The predicted molar refractivity (Wildman–Crippen MR) is 98.1 cm³/mol. The lowest BCUT2D eigenvalue weighted by molar-refractivity contribution is -0.128. The molecule has 3 rings (SSSR count). The Morgan fingerprint density at radius 3 is 2.54 bits per heavy atom. The van der Waals surface area contributed by atoms with Crippen LogP contribution in [0.3, 0.4) is 0 Å². The minimum atomic E-state index is -0.355. The smallest absolute Gasteiger partial charge is 0.229 e. The summed E-state index contributed by atoms with van der Waals surface area (Å²) in [4.78, 5) is 26.5. The molecule has 1 saturated heterocycles. The van der Waals surface area contributed by atoms with Gasteiger partial charge in [0, 0.05) is 31.3 Å². The second-order valence-electron chi connectivity index (χ2n) is 6.24. The molecule has 2 amide bonds. The van der Waals surface area contributed by atoms with Crippen LogP contribution >= 0.6 is 0 Å². The summed E-state index contributed by atoms with van der Waals surface area (Å²) in [6, 6.07) is 14.8. The average Bonchev–Trinajstić information content (AvgIpc) is 3.03. The quantitative estimate of drug-likeness (QED) is 0.866. The zero-order valence-corrected chi connectivity index (χ0v) is 14.9. The number of nitrogens with one attached hydrogen (secondary N) is 1. The highest BCUT2D eigenvalue weighted by molar-refractivity contribution is 5.97. The number of ether oxygens (including phenoxy) is 2. The fourth-order valence-electron chi connectivity index (χ4n) is 3.00. The van der Waals surface area contributed by atoms with Crippen molar-refractivity contribution in [3.05, 3.63) is 54.1 Å². The van der Waals surface area contributed by atoms with E-state index in [9.17, 15) is 9.59 Å². The minimum absolute atomic E-state index is 0.00777. The Balaban J connectivity index is 1.60. The number of hydrogen-bond donors (Lipinski definition) is 1. The second-order valence-corrected chi connectivity index (χ2v) is 6.24. The highest BCUT2D eigenvalue weighted by atomic mass is 16.5. The summed E-state index contributed by atoms with van der Waals surface area (Å²) >= 11 is 0. The Hall–Kier alpha value is -3.02. The van der Waals surface area contributed by atoms with E-state index >= 15 is 0 Å². The van der Waals surface area contributed by atoms with Gasteiger partial charge in [-0.1, -0.05) is 18.2 Å². The Kier molecular flexibility index (Phi) is 5.41. The maximum Gasteiger partial charge on any atom is 0.229 e. The van der Waals surface area contributed by atoms with E-state index in [0.717, 1.165) is 11.3 Å². The van der Waals surface area contributed by atoms with Crippen molar-refractivity contribution in [3.8, 4) is 11.5 Å². The Morgan fingerprint density at radius 2 is 1.85 bits per heavy atom. The van der Waals surface area contributed by atoms with Gasteiger partial charge in [-0.3, -0.25) is 9.59 Å². The van der Waals surface area contributed by atoms with E-state index in [-0.39, 0.29) is 24.2 Å². The van der Waals surface area contributed by atoms with Crippen LogP contribution in [-0.2, 0) is 16.1 Å². The summed E-state index contributed by atoms with van der Waals surface area (Å²) in [5.74, 6) is 0.936. The lowest BCUT2D eigenvalue weighted by Crippen LogP contribution is -2.28. The van der Waals surface area contributed by atoms with Gasteiger partial charge < -0.3 is 19.7 Å². The number of hydrogen-bond acceptors (Lipinski definition) is 4. The third-order valence-electron chi connectivity index (χ3n) is 4.46. The van der Waals surface area contributed by atoms with Gasteiger partial charge in [-0.05, 0) is 29.8 Å². The van der Waals surface area contributed by atoms with Gasteiger partial charge in [0.15, 0.2) is 0 Å². The molecule has 0 aliphatic carbocycles. The number of carbonyl (C=O) groups is 2. The third kappa shape index (κ3) is 4.14. The molecule has 0 bridgehead atoms. The molecule has 1 N–H and O–H groups in total. The van der Waals surface area contributed by atoms with Crippen LogP contribution in [0.15, 0.2) is 48.5 Å². The molecule has 1 aliphatic rings. The maximum atomic E-state index is 12.5. The Bertz CT molecular complexity index is 789. The first-order valence-electron chi connectivity index (χ1n) is 8.44. The summed E-state index contributed by atoms with van der Waals surface area (Å²) < 4.78 is 10.3. The van der Waals surface area contributed by atoms with E-state index in [1.165, 1.54) is 0 Å². The molecule has 2 aromatic carbocycles. The molecule has 1 aliphatic heterocycles. The number of nitrogens with zero attached hydrogens (tertiary/aromatic N) is 1. The van der Waals surface area contributed by atoms with Crippen molar-refractivity contribution in [2.45, 2.75) is 13.0 Å². The molecule has 0 radical (unpaired) electrons. The van der Waals surface area contributed by atoms with E-state index in [4.69, 9.17) is 9.47 Å². The normalized spacial score (nSPS) is 16.5. The van der Waals surface area contributed by atoms with Crippen LogP contribution in [0.2, 0.25) is 0 Å². The molecular weight excluding hydrogens is 332 g/mol. The summed E-state index contributed by atoms with van der Waals surface area (Å²) in [5.41, 5.74) is 1.67. The molecular formula is C20H22N2O4. The molecule has 1 heterocycles. The molecule has 1 atom stereocenters. The van der Waals surface area contributed by atoms with Gasteiger partial charge in [0.05, 0.1) is 20.1 Å². The van der Waals surface area contributed by atoms with Gasteiger partial charge in [0.2, 0.25) is 11.8 Å². The lowest BCUT2D eigenvalue weighted by atomic mass is 10.1. The van der Waals surface area contributed by atoms with E-state index < -0.39 is 0 Å². The van der Waals surface area contributed by atoms with Crippen LogP contribution < -0.4 is 14.8 Å². The molecule has 0 spiro atoms. The van der Waals surface area contributed by atoms with E-state index in [2.05, 4.69) is 5.32 Å². The number of amides is 2. The van der Waals surface area contributed by atoms with Gasteiger partial charge in [-0.2, -0.15) is 0 Å². The van der Waals surface area contributed by atoms with Crippen molar-refractivity contribution in [3.63, 3.8) is 0 Å². The highest BCUT2D eigenvalue weighted by Crippen LogP contribution is 2.24. The number of rotatable bonds is 6. The van der Waals surface area contributed by atoms with Crippen molar-refractivity contribution in [1.82, 2.24) is 4.90 Å². The fraction of sp³-hybridized carbons (Fsp3) is 0.300. The fourth-order valence-corrected chi connectivity index (χ4v) is 3.00.